The largest absolute Gasteiger partial charge is 0.481 e. The van der Waals surface area contributed by atoms with E-state index in [-0.39, 0.29) is 17.7 Å². The number of likely N-dealkylation sites (tertiary alicyclic amines) is 1. The number of carboxylic acid groups (broad SMARTS) is 1. The van der Waals surface area contributed by atoms with Gasteiger partial charge < -0.3 is 15.7 Å². The first-order chi connectivity index (χ1) is 7.51. The molecule has 0 aromatic carbocycles. The summed E-state index contributed by atoms with van der Waals surface area (Å²) in [5, 5.41) is 8.97. The van der Waals surface area contributed by atoms with Gasteiger partial charge in [-0.25, -0.2) is 0 Å². The van der Waals surface area contributed by atoms with Crippen molar-refractivity contribution in [1.29, 1.82) is 0 Å². The molecule has 5 heteroatoms. The number of nitrogens with zero attached hydrogens (tertiary/aromatic N) is 1. The number of carbonyl (C=O) groups is 2. The lowest BCUT2D eigenvalue weighted by Crippen LogP contribution is -2.38. The first-order valence-electron chi connectivity index (χ1n) is 5.72. The number of amides is 1. The summed E-state index contributed by atoms with van der Waals surface area (Å²) >= 11 is 0. The Morgan fingerprint density at radius 1 is 1.50 bits per heavy atom. The third-order valence-electron chi connectivity index (χ3n) is 3.37. The molecule has 0 aliphatic carbocycles. The highest BCUT2D eigenvalue weighted by molar-refractivity contribution is 5.81. The lowest BCUT2D eigenvalue weighted by Gasteiger charge is -2.21. The number of aliphatic carboxylic acids is 1. The van der Waals surface area contributed by atoms with Crippen LogP contribution in [0.3, 0.4) is 0 Å². The second-order valence-electron chi connectivity index (χ2n) is 4.51. The zero-order chi connectivity index (χ0) is 12.3. The maximum atomic E-state index is 12.0. The molecule has 16 heavy (non-hydrogen) atoms. The molecular formula is C11H20N2O3. The van der Waals surface area contributed by atoms with Gasteiger partial charge in [0.05, 0.1) is 11.8 Å². The summed E-state index contributed by atoms with van der Waals surface area (Å²) in [5.74, 6) is -1.39. The van der Waals surface area contributed by atoms with Crippen LogP contribution in [-0.2, 0) is 9.59 Å². The number of carboxylic acids is 1. The molecule has 1 saturated heterocycles. The van der Waals surface area contributed by atoms with Gasteiger partial charge in [0.1, 0.15) is 0 Å². The predicted molar refractivity (Wildman–Crippen MR) is 59.7 cm³/mol. The molecule has 5 nitrogen and oxygen atoms in total. The van der Waals surface area contributed by atoms with Gasteiger partial charge in [-0.05, 0) is 12.3 Å². The van der Waals surface area contributed by atoms with Crippen LogP contribution in [0.15, 0.2) is 0 Å². The van der Waals surface area contributed by atoms with Crippen LogP contribution in [-0.4, -0.2) is 41.5 Å². The quantitative estimate of drug-likeness (QED) is 0.717. The smallest absolute Gasteiger partial charge is 0.308 e. The van der Waals surface area contributed by atoms with E-state index in [1.807, 2.05) is 13.8 Å². The van der Waals surface area contributed by atoms with Gasteiger partial charge >= 0.3 is 5.97 Å². The molecule has 1 fully saturated rings. The van der Waals surface area contributed by atoms with E-state index in [4.69, 9.17) is 10.8 Å². The minimum atomic E-state index is -0.816. The standard InChI is InChI=1S/C11H20N2O3/c1-3-8(4-12)10(14)13-5-7(2)9(6-13)11(15)16/h7-9H,3-6,12H2,1-2H3,(H,15,16)/t7-,8?,9-/m1/s1. The summed E-state index contributed by atoms with van der Waals surface area (Å²) in [6.45, 7) is 4.98. The fraction of sp³-hybridized carbons (Fsp3) is 0.818. The van der Waals surface area contributed by atoms with Crippen LogP contribution in [0.4, 0.5) is 0 Å². The Morgan fingerprint density at radius 3 is 2.50 bits per heavy atom. The lowest BCUT2D eigenvalue weighted by molar-refractivity contribution is -0.142. The van der Waals surface area contributed by atoms with Gasteiger partial charge in [-0.3, -0.25) is 9.59 Å². The molecule has 0 aromatic rings. The van der Waals surface area contributed by atoms with E-state index in [0.29, 0.717) is 26.1 Å². The summed E-state index contributed by atoms with van der Waals surface area (Å²) in [4.78, 5) is 24.5. The third-order valence-corrected chi connectivity index (χ3v) is 3.37. The molecule has 1 rings (SSSR count). The van der Waals surface area contributed by atoms with Gasteiger partial charge in [0.25, 0.3) is 0 Å². The van der Waals surface area contributed by atoms with E-state index in [2.05, 4.69) is 0 Å². The van der Waals surface area contributed by atoms with E-state index < -0.39 is 11.9 Å². The monoisotopic (exact) mass is 228 g/mol. The molecule has 0 bridgehead atoms. The van der Waals surface area contributed by atoms with Crippen molar-refractivity contribution in [3.63, 3.8) is 0 Å². The van der Waals surface area contributed by atoms with Crippen molar-refractivity contribution >= 4 is 11.9 Å². The molecule has 1 heterocycles. The van der Waals surface area contributed by atoms with Crippen LogP contribution in [0.1, 0.15) is 20.3 Å². The van der Waals surface area contributed by atoms with Gasteiger partial charge in [-0.15, -0.1) is 0 Å². The average molecular weight is 228 g/mol. The van der Waals surface area contributed by atoms with Crippen LogP contribution < -0.4 is 5.73 Å². The molecular weight excluding hydrogens is 208 g/mol. The van der Waals surface area contributed by atoms with Crippen LogP contribution >= 0.6 is 0 Å². The summed E-state index contributed by atoms with van der Waals surface area (Å²) in [6.07, 6.45) is 0.706. The molecule has 3 atom stereocenters. The SMILES string of the molecule is CCC(CN)C(=O)N1C[C@@H](C)[C@H](C(=O)O)C1. The molecule has 0 saturated carbocycles. The van der Waals surface area contributed by atoms with Crippen LogP contribution in [0.25, 0.3) is 0 Å². The number of hydrogen-bond acceptors (Lipinski definition) is 3. The second kappa shape index (κ2) is 5.30. The molecule has 1 unspecified atom stereocenters. The van der Waals surface area contributed by atoms with Crippen LogP contribution in [0.5, 0.6) is 0 Å². The van der Waals surface area contributed by atoms with E-state index in [0.717, 1.165) is 0 Å². The number of carbonyl (C=O) groups excluding carboxylic acids is 1. The maximum absolute atomic E-state index is 12.0. The molecule has 1 aliphatic heterocycles. The molecule has 0 aromatic heterocycles. The minimum Gasteiger partial charge on any atom is -0.481 e. The van der Waals surface area contributed by atoms with Crippen LogP contribution in [0, 0.1) is 17.8 Å². The van der Waals surface area contributed by atoms with Gasteiger partial charge in [0.2, 0.25) is 5.91 Å². The van der Waals surface area contributed by atoms with Crippen molar-refractivity contribution < 1.29 is 14.7 Å². The Bertz CT molecular complexity index is 276. The average Bonchev–Trinajstić information content (AvgIpc) is 2.62. The molecule has 1 aliphatic rings. The summed E-state index contributed by atoms with van der Waals surface area (Å²) < 4.78 is 0. The van der Waals surface area contributed by atoms with E-state index in [1.54, 1.807) is 4.90 Å². The van der Waals surface area contributed by atoms with E-state index in [1.165, 1.54) is 0 Å². The highest BCUT2D eigenvalue weighted by Crippen LogP contribution is 2.24. The zero-order valence-corrected chi connectivity index (χ0v) is 9.85. The first kappa shape index (κ1) is 13.0. The van der Waals surface area contributed by atoms with Crippen molar-refractivity contribution in [2.75, 3.05) is 19.6 Å². The van der Waals surface area contributed by atoms with Gasteiger partial charge in [-0.2, -0.15) is 0 Å². The van der Waals surface area contributed by atoms with Crippen molar-refractivity contribution in [2.45, 2.75) is 20.3 Å². The topological polar surface area (TPSA) is 83.6 Å². The first-order valence-corrected chi connectivity index (χ1v) is 5.72. The Balaban J connectivity index is 2.64. The van der Waals surface area contributed by atoms with Crippen molar-refractivity contribution in [1.82, 2.24) is 4.90 Å². The molecule has 92 valence electrons. The molecule has 0 spiro atoms. The highest BCUT2D eigenvalue weighted by atomic mass is 16.4. The second-order valence-corrected chi connectivity index (χ2v) is 4.51. The van der Waals surface area contributed by atoms with Gasteiger partial charge in [-0.1, -0.05) is 13.8 Å². The number of rotatable bonds is 4. The van der Waals surface area contributed by atoms with Crippen molar-refractivity contribution in [2.24, 2.45) is 23.5 Å². The fourth-order valence-corrected chi connectivity index (χ4v) is 2.17. The van der Waals surface area contributed by atoms with E-state index >= 15 is 0 Å². The predicted octanol–water partition coefficient (Wildman–Crippen LogP) is 0.150. The van der Waals surface area contributed by atoms with Gasteiger partial charge in [0.15, 0.2) is 0 Å². The lowest BCUT2D eigenvalue weighted by atomic mass is 9.99. The Labute approximate surface area is 95.6 Å². The minimum absolute atomic E-state index is 0.000556. The summed E-state index contributed by atoms with van der Waals surface area (Å²) in [6, 6.07) is 0. The van der Waals surface area contributed by atoms with Gasteiger partial charge in [0, 0.05) is 19.6 Å². The Kier molecular flexibility index (Phi) is 4.29. The third kappa shape index (κ3) is 2.52. The van der Waals surface area contributed by atoms with Crippen molar-refractivity contribution in [3.05, 3.63) is 0 Å². The molecule has 0 radical (unpaired) electrons. The van der Waals surface area contributed by atoms with Crippen molar-refractivity contribution in [3.8, 4) is 0 Å². The molecule has 1 amide bonds. The molecule has 3 N–H and O–H groups in total. The Hall–Kier alpha value is -1.10. The zero-order valence-electron chi connectivity index (χ0n) is 9.85. The maximum Gasteiger partial charge on any atom is 0.308 e. The summed E-state index contributed by atoms with van der Waals surface area (Å²) in [7, 11) is 0. The van der Waals surface area contributed by atoms with E-state index in [9.17, 15) is 9.59 Å². The summed E-state index contributed by atoms with van der Waals surface area (Å²) in [5.41, 5.74) is 5.52. The fourth-order valence-electron chi connectivity index (χ4n) is 2.17. The highest BCUT2D eigenvalue weighted by Gasteiger charge is 2.38. The number of hydrogen-bond donors (Lipinski definition) is 2. The Morgan fingerprint density at radius 2 is 2.12 bits per heavy atom. The van der Waals surface area contributed by atoms with Crippen LogP contribution in [0.2, 0.25) is 0 Å². The number of nitrogens with two attached hydrogens (primary N) is 1. The normalized spacial score (nSPS) is 26.8.